The van der Waals surface area contributed by atoms with Gasteiger partial charge in [0.1, 0.15) is 23.3 Å². The van der Waals surface area contributed by atoms with Crippen LogP contribution in [0.1, 0.15) is 22.9 Å². The Balaban J connectivity index is 2.35. The van der Waals surface area contributed by atoms with Crippen LogP contribution in [-0.4, -0.2) is 9.97 Å². The third-order valence-electron chi connectivity index (χ3n) is 3.42. The van der Waals surface area contributed by atoms with E-state index in [9.17, 15) is 14.4 Å². The molecule has 0 spiro atoms. The number of aromatic amines is 1. The van der Waals surface area contributed by atoms with Gasteiger partial charge in [0.25, 0.3) is 5.56 Å². The molecule has 1 aromatic heterocycles. The normalized spacial score (nSPS) is 16.7. The van der Waals surface area contributed by atoms with E-state index in [1.807, 2.05) is 6.07 Å². The number of nitrogens with two attached hydrogens (primary N) is 1. The van der Waals surface area contributed by atoms with Crippen molar-refractivity contribution >= 4 is 0 Å². The van der Waals surface area contributed by atoms with Crippen LogP contribution in [0.25, 0.3) is 0 Å². The molecule has 0 radical (unpaired) electrons. The number of aromatic nitrogens is 2. The molecule has 2 heterocycles. The van der Waals surface area contributed by atoms with Gasteiger partial charge < -0.3 is 15.5 Å². The Morgan fingerprint density at radius 2 is 2.18 bits per heavy atom. The van der Waals surface area contributed by atoms with Gasteiger partial charge in [-0.15, -0.1) is 0 Å². The van der Waals surface area contributed by atoms with Crippen LogP contribution >= 0.6 is 0 Å². The fourth-order valence-electron chi connectivity index (χ4n) is 2.49. The zero-order valence-electron chi connectivity index (χ0n) is 11.6. The van der Waals surface area contributed by atoms with E-state index in [1.165, 1.54) is 18.2 Å². The summed E-state index contributed by atoms with van der Waals surface area (Å²) in [7, 11) is 0. The Morgan fingerprint density at radius 3 is 2.86 bits per heavy atom. The number of halogens is 1. The summed E-state index contributed by atoms with van der Waals surface area (Å²) in [5.74, 6) is -1.34. The molecule has 3 rings (SSSR count). The van der Waals surface area contributed by atoms with Gasteiger partial charge in [-0.2, -0.15) is 10.2 Å². The minimum atomic E-state index is -0.952. The first-order valence-corrected chi connectivity index (χ1v) is 6.45. The largest absolute Gasteiger partial charge is 0.422 e. The number of fused-ring (bicyclic) bond motifs is 1. The summed E-state index contributed by atoms with van der Waals surface area (Å²) >= 11 is 0. The Kier molecular flexibility index (Phi) is 3.14. The fraction of sp³-hybridized carbons (Fsp3) is 0.133. The molecule has 0 fully saturated rings. The highest BCUT2D eigenvalue weighted by Gasteiger charge is 2.35. The smallest absolute Gasteiger partial charge is 0.258 e. The van der Waals surface area contributed by atoms with Crippen LogP contribution in [0.3, 0.4) is 0 Å². The van der Waals surface area contributed by atoms with Crippen molar-refractivity contribution in [1.82, 2.24) is 9.97 Å². The minimum Gasteiger partial charge on any atom is -0.422 e. The van der Waals surface area contributed by atoms with E-state index in [1.54, 1.807) is 13.0 Å². The third kappa shape index (κ3) is 2.02. The van der Waals surface area contributed by atoms with Crippen molar-refractivity contribution in [1.29, 1.82) is 5.26 Å². The lowest BCUT2D eigenvalue weighted by Gasteiger charge is -2.24. The molecule has 0 bridgehead atoms. The zero-order chi connectivity index (χ0) is 15.9. The van der Waals surface area contributed by atoms with Crippen molar-refractivity contribution in [2.75, 3.05) is 0 Å². The lowest BCUT2D eigenvalue weighted by Crippen LogP contribution is -2.29. The number of H-pyrrole nitrogens is 1. The summed E-state index contributed by atoms with van der Waals surface area (Å²) in [6.07, 6.45) is 0. The van der Waals surface area contributed by atoms with E-state index in [2.05, 4.69) is 9.97 Å². The molecule has 3 N–H and O–H groups in total. The van der Waals surface area contributed by atoms with Crippen LogP contribution in [-0.2, 0) is 0 Å². The number of hydrogen-bond donors (Lipinski definition) is 2. The molecule has 1 aromatic carbocycles. The van der Waals surface area contributed by atoms with Crippen LogP contribution in [0.2, 0.25) is 0 Å². The zero-order valence-corrected chi connectivity index (χ0v) is 11.6. The summed E-state index contributed by atoms with van der Waals surface area (Å²) in [4.78, 5) is 18.9. The van der Waals surface area contributed by atoms with Crippen molar-refractivity contribution in [3.05, 3.63) is 68.8 Å². The van der Waals surface area contributed by atoms with Crippen LogP contribution in [0, 0.1) is 24.1 Å². The first-order valence-electron chi connectivity index (χ1n) is 6.45. The molecule has 0 amide bonds. The van der Waals surface area contributed by atoms with Crippen LogP contribution in [0.4, 0.5) is 4.39 Å². The maximum Gasteiger partial charge on any atom is 0.258 e. The summed E-state index contributed by atoms with van der Waals surface area (Å²) in [5, 5.41) is 9.33. The Morgan fingerprint density at radius 1 is 1.45 bits per heavy atom. The maximum absolute atomic E-state index is 14.2. The number of benzene rings is 1. The van der Waals surface area contributed by atoms with E-state index >= 15 is 0 Å². The predicted octanol–water partition coefficient (Wildman–Crippen LogP) is 1.44. The van der Waals surface area contributed by atoms with E-state index in [-0.39, 0.29) is 28.5 Å². The molecule has 110 valence electrons. The number of nitrogens with one attached hydrogen (secondary N) is 1. The Bertz CT molecular complexity index is 895. The number of nitrogens with zero attached hydrogens (tertiary/aromatic N) is 2. The minimum absolute atomic E-state index is 0.00833. The standard InChI is InChI=1S/C15H11FN4O2/c1-7-19-14(21)12-11(8-4-2-3-5-10(8)16)9(6-17)13(18)22-15(12)20-7/h2-5,11H,18H2,1H3,(H,19,20,21). The molecule has 1 atom stereocenters. The van der Waals surface area contributed by atoms with Gasteiger partial charge in [-0.25, -0.2) is 4.39 Å². The third-order valence-corrected chi connectivity index (χ3v) is 3.42. The van der Waals surface area contributed by atoms with Crippen molar-refractivity contribution in [3.8, 4) is 11.9 Å². The second-order valence-corrected chi connectivity index (χ2v) is 4.82. The van der Waals surface area contributed by atoms with Gasteiger partial charge >= 0.3 is 0 Å². The van der Waals surface area contributed by atoms with Gasteiger partial charge in [0.15, 0.2) is 0 Å². The van der Waals surface area contributed by atoms with Gasteiger partial charge in [0.2, 0.25) is 11.8 Å². The highest BCUT2D eigenvalue weighted by atomic mass is 19.1. The first kappa shape index (κ1) is 13.8. The maximum atomic E-state index is 14.2. The predicted molar refractivity (Wildman–Crippen MR) is 75.3 cm³/mol. The van der Waals surface area contributed by atoms with E-state index in [0.717, 1.165) is 0 Å². The summed E-state index contributed by atoms with van der Waals surface area (Å²) < 4.78 is 19.4. The number of allylic oxidation sites excluding steroid dienone is 1. The number of aryl methyl sites for hydroxylation is 1. The molecular weight excluding hydrogens is 287 g/mol. The van der Waals surface area contributed by atoms with Gasteiger partial charge in [-0.05, 0) is 13.0 Å². The summed E-state index contributed by atoms with van der Waals surface area (Å²) in [6, 6.07) is 7.79. The monoisotopic (exact) mass is 298 g/mol. The SMILES string of the molecule is Cc1nc2c(c(=O)[nH]1)C(c1ccccc1F)C(C#N)=C(N)O2. The molecule has 1 unspecified atom stereocenters. The van der Waals surface area contributed by atoms with Gasteiger partial charge in [-0.3, -0.25) is 4.79 Å². The Labute approximate surface area is 124 Å². The fourth-order valence-corrected chi connectivity index (χ4v) is 2.49. The molecule has 0 saturated carbocycles. The molecule has 6 nitrogen and oxygen atoms in total. The number of ether oxygens (including phenoxy) is 1. The van der Waals surface area contributed by atoms with E-state index in [0.29, 0.717) is 5.82 Å². The molecular formula is C15H11FN4O2. The lowest BCUT2D eigenvalue weighted by molar-refractivity contribution is 0.372. The molecule has 1 aliphatic rings. The number of rotatable bonds is 1. The second-order valence-electron chi connectivity index (χ2n) is 4.82. The van der Waals surface area contributed by atoms with Crippen molar-refractivity contribution in [2.45, 2.75) is 12.8 Å². The van der Waals surface area contributed by atoms with E-state index < -0.39 is 17.3 Å². The van der Waals surface area contributed by atoms with Crippen LogP contribution in [0.15, 0.2) is 40.5 Å². The quantitative estimate of drug-likeness (QED) is 0.828. The van der Waals surface area contributed by atoms with Gasteiger partial charge in [-0.1, -0.05) is 18.2 Å². The average Bonchev–Trinajstić information content (AvgIpc) is 2.46. The number of nitriles is 1. The van der Waals surface area contributed by atoms with Crippen molar-refractivity contribution in [2.24, 2.45) is 5.73 Å². The summed E-state index contributed by atoms with van der Waals surface area (Å²) in [5.41, 5.74) is 5.47. The van der Waals surface area contributed by atoms with Crippen LogP contribution in [0.5, 0.6) is 5.88 Å². The summed E-state index contributed by atoms with van der Waals surface area (Å²) in [6.45, 7) is 1.59. The molecule has 7 heteroatoms. The first-order chi connectivity index (χ1) is 10.5. The average molecular weight is 298 g/mol. The topological polar surface area (TPSA) is 105 Å². The van der Waals surface area contributed by atoms with Crippen LogP contribution < -0.4 is 16.0 Å². The highest BCUT2D eigenvalue weighted by Crippen LogP contribution is 2.39. The lowest BCUT2D eigenvalue weighted by atomic mass is 9.85. The molecule has 1 aliphatic heterocycles. The van der Waals surface area contributed by atoms with Crippen molar-refractivity contribution in [3.63, 3.8) is 0 Å². The number of hydrogen-bond acceptors (Lipinski definition) is 5. The molecule has 2 aromatic rings. The van der Waals surface area contributed by atoms with E-state index in [4.69, 9.17) is 10.5 Å². The van der Waals surface area contributed by atoms with Crippen molar-refractivity contribution < 1.29 is 9.13 Å². The molecule has 0 aliphatic carbocycles. The van der Waals surface area contributed by atoms with Gasteiger partial charge in [0.05, 0.1) is 11.5 Å². The highest BCUT2D eigenvalue weighted by molar-refractivity contribution is 5.52. The second kappa shape index (κ2) is 5.00. The molecule has 22 heavy (non-hydrogen) atoms. The van der Waals surface area contributed by atoms with Gasteiger partial charge in [0, 0.05) is 5.56 Å². The Hall–Kier alpha value is -3.14. The molecule has 0 saturated heterocycles.